The van der Waals surface area contributed by atoms with E-state index in [4.69, 9.17) is 9.47 Å². The fourth-order valence-corrected chi connectivity index (χ4v) is 4.81. The van der Waals surface area contributed by atoms with Gasteiger partial charge in [-0.1, -0.05) is 0 Å². The van der Waals surface area contributed by atoms with Crippen molar-refractivity contribution in [1.29, 1.82) is 0 Å². The van der Waals surface area contributed by atoms with Crippen molar-refractivity contribution in [3.05, 3.63) is 54.3 Å². The highest BCUT2D eigenvalue weighted by atomic mass is 32.2. The van der Waals surface area contributed by atoms with Crippen molar-refractivity contribution in [3.8, 4) is 11.5 Å². The molecule has 31 heavy (non-hydrogen) atoms. The number of rotatable bonds is 7. The fraction of sp³-hybridized carbons (Fsp3) is 0.409. The summed E-state index contributed by atoms with van der Waals surface area (Å²) >= 11 is 0. The predicted molar refractivity (Wildman–Crippen MR) is 114 cm³/mol. The maximum Gasteiger partial charge on any atom is 0.263 e. The number of carbonyl (C=O) groups excluding carboxylic acids is 1. The van der Waals surface area contributed by atoms with Gasteiger partial charge in [-0.3, -0.25) is 4.79 Å². The summed E-state index contributed by atoms with van der Waals surface area (Å²) < 4.78 is 51.0. The third-order valence-electron chi connectivity index (χ3n) is 5.22. The number of hydrogen-bond acceptors (Lipinski definition) is 5. The molecule has 3 rings (SSSR count). The highest BCUT2D eigenvalue weighted by Crippen LogP contribution is 2.24. The second kappa shape index (κ2) is 9.23. The van der Waals surface area contributed by atoms with Crippen molar-refractivity contribution < 1.29 is 27.1 Å². The second-order valence-corrected chi connectivity index (χ2v) is 9.83. The molecule has 1 heterocycles. The van der Waals surface area contributed by atoms with Gasteiger partial charge >= 0.3 is 0 Å². The minimum absolute atomic E-state index is 0.161. The number of piperidine rings is 1. The van der Waals surface area contributed by atoms with Crippen molar-refractivity contribution in [2.45, 2.75) is 43.2 Å². The standard InChI is InChI=1S/C22H27FN2O5S/c1-22(2,30-19-6-4-16(23)5-7-19)21(26)24-17-12-14-25(15-13-17)31(27,28)20-10-8-18(29-3)9-11-20/h4-11,17H,12-15H2,1-3H3,(H,24,26). The first-order valence-electron chi connectivity index (χ1n) is 10.0. The monoisotopic (exact) mass is 450 g/mol. The molecule has 2 aromatic rings. The predicted octanol–water partition coefficient (Wildman–Crippen LogP) is 2.96. The Morgan fingerprint density at radius 2 is 1.58 bits per heavy atom. The second-order valence-electron chi connectivity index (χ2n) is 7.89. The summed E-state index contributed by atoms with van der Waals surface area (Å²) in [5, 5.41) is 2.94. The number of nitrogens with zero attached hydrogens (tertiary/aromatic N) is 1. The Balaban J connectivity index is 1.56. The minimum Gasteiger partial charge on any atom is -0.497 e. The number of nitrogens with one attached hydrogen (secondary N) is 1. The van der Waals surface area contributed by atoms with Crippen LogP contribution in [0.25, 0.3) is 0 Å². The Kier molecular flexibility index (Phi) is 6.86. The molecule has 1 fully saturated rings. The normalized spacial score (nSPS) is 16.0. The van der Waals surface area contributed by atoms with Gasteiger partial charge in [-0.25, -0.2) is 12.8 Å². The first-order valence-corrected chi connectivity index (χ1v) is 11.5. The van der Waals surface area contributed by atoms with Crippen LogP contribution in [0.4, 0.5) is 4.39 Å². The molecule has 7 nitrogen and oxygen atoms in total. The summed E-state index contributed by atoms with van der Waals surface area (Å²) in [6.45, 7) is 3.88. The van der Waals surface area contributed by atoms with Gasteiger partial charge in [0.1, 0.15) is 17.3 Å². The van der Waals surface area contributed by atoms with Crippen LogP contribution in [0.2, 0.25) is 0 Å². The summed E-state index contributed by atoms with van der Waals surface area (Å²) in [6.07, 6.45) is 0.988. The van der Waals surface area contributed by atoms with Crippen molar-refractivity contribution in [1.82, 2.24) is 9.62 Å². The zero-order valence-corrected chi connectivity index (χ0v) is 18.6. The van der Waals surface area contributed by atoms with Gasteiger partial charge in [-0.15, -0.1) is 0 Å². The van der Waals surface area contributed by atoms with Crippen LogP contribution < -0.4 is 14.8 Å². The van der Waals surface area contributed by atoms with Crippen LogP contribution in [0, 0.1) is 5.82 Å². The molecule has 2 aromatic carbocycles. The summed E-state index contributed by atoms with van der Waals surface area (Å²) in [5.41, 5.74) is -1.16. The van der Waals surface area contributed by atoms with E-state index in [9.17, 15) is 17.6 Å². The van der Waals surface area contributed by atoms with E-state index in [1.807, 2.05) is 0 Å². The van der Waals surface area contributed by atoms with Gasteiger partial charge in [0.15, 0.2) is 5.60 Å². The Morgan fingerprint density at radius 1 is 1.03 bits per heavy atom. The molecule has 9 heteroatoms. The smallest absolute Gasteiger partial charge is 0.263 e. The lowest BCUT2D eigenvalue weighted by Gasteiger charge is -2.34. The Bertz CT molecular complexity index is 999. The van der Waals surface area contributed by atoms with Crippen LogP contribution in [0.1, 0.15) is 26.7 Å². The molecule has 1 saturated heterocycles. The lowest BCUT2D eigenvalue weighted by Crippen LogP contribution is -2.53. The van der Waals surface area contributed by atoms with E-state index >= 15 is 0 Å². The average Bonchev–Trinajstić information content (AvgIpc) is 2.75. The van der Waals surface area contributed by atoms with E-state index in [-0.39, 0.29) is 22.7 Å². The zero-order chi connectivity index (χ0) is 22.6. The van der Waals surface area contributed by atoms with Crippen molar-refractivity contribution >= 4 is 15.9 Å². The molecule has 0 atom stereocenters. The molecule has 0 radical (unpaired) electrons. The summed E-state index contributed by atoms with van der Waals surface area (Å²) in [5.74, 6) is 0.284. The average molecular weight is 451 g/mol. The van der Waals surface area contributed by atoms with Gasteiger partial charge in [0.25, 0.3) is 5.91 Å². The largest absolute Gasteiger partial charge is 0.497 e. The summed E-state index contributed by atoms with van der Waals surface area (Å²) in [6, 6.07) is 11.6. The molecule has 1 aliphatic rings. The first kappa shape index (κ1) is 23.0. The summed E-state index contributed by atoms with van der Waals surface area (Å²) in [4.78, 5) is 12.9. The molecule has 0 aliphatic carbocycles. The maximum absolute atomic E-state index is 13.1. The molecule has 0 aromatic heterocycles. The van der Waals surface area contributed by atoms with Gasteiger partial charge in [0.2, 0.25) is 10.0 Å². The quantitative estimate of drug-likeness (QED) is 0.701. The number of ether oxygens (including phenoxy) is 2. The highest BCUT2D eigenvalue weighted by molar-refractivity contribution is 7.89. The van der Waals surface area contributed by atoms with Crippen molar-refractivity contribution in [2.75, 3.05) is 20.2 Å². The van der Waals surface area contributed by atoms with Crippen molar-refractivity contribution in [2.24, 2.45) is 0 Å². The number of benzene rings is 2. The topological polar surface area (TPSA) is 84.9 Å². The third-order valence-corrected chi connectivity index (χ3v) is 7.13. The first-order chi connectivity index (χ1) is 14.6. The van der Waals surface area contributed by atoms with Crippen LogP contribution >= 0.6 is 0 Å². The third kappa shape index (κ3) is 5.54. The minimum atomic E-state index is -3.60. The van der Waals surface area contributed by atoms with Crippen LogP contribution in [0.5, 0.6) is 11.5 Å². The van der Waals surface area contributed by atoms with Gasteiger partial charge in [0, 0.05) is 19.1 Å². The van der Waals surface area contributed by atoms with E-state index in [1.54, 1.807) is 26.0 Å². The lowest BCUT2D eigenvalue weighted by molar-refractivity contribution is -0.135. The molecule has 0 unspecified atom stereocenters. The lowest BCUT2D eigenvalue weighted by atomic mass is 10.0. The van der Waals surface area contributed by atoms with Gasteiger partial charge < -0.3 is 14.8 Å². The molecule has 0 spiro atoms. The molecule has 0 bridgehead atoms. The number of halogens is 1. The zero-order valence-electron chi connectivity index (χ0n) is 17.8. The molecular formula is C22H27FN2O5S. The Morgan fingerprint density at radius 3 is 2.13 bits per heavy atom. The Hall–Kier alpha value is -2.65. The van der Waals surface area contributed by atoms with Gasteiger partial charge in [0.05, 0.1) is 12.0 Å². The molecule has 1 amide bonds. The van der Waals surface area contributed by atoms with Crippen molar-refractivity contribution in [3.63, 3.8) is 0 Å². The van der Waals surface area contributed by atoms with E-state index in [0.29, 0.717) is 37.4 Å². The van der Waals surface area contributed by atoms with Gasteiger partial charge in [-0.05, 0) is 75.2 Å². The van der Waals surface area contributed by atoms with Crippen LogP contribution in [-0.2, 0) is 14.8 Å². The SMILES string of the molecule is COc1ccc(S(=O)(=O)N2CCC(NC(=O)C(C)(C)Oc3ccc(F)cc3)CC2)cc1. The Labute approximate surface area is 182 Å². The number of methoxy groups -OCH3 is 1. The number of hydrogen-bond donors (Lipinski definition) is 1. The van der Waals surface area contributed by atoms with E-state index in [0.717, 1.165) is 0 Å². The van der Waals surface area contributed by atoms with Crippen LogP contribution in [0.15, 0.2) is 53.4 Å². The van der Waals surface area contributed by atoms with Crippen LogP contribution in [0.3, 0.4) is 0 Å². The fourth-order valence-electron chi connectivity index (χ4n) is 3.34. The van der Waals surface area contributed by atoms with Crippen LogP contribution in [-0.4, -0.2) is 50.5 Å². The molecule has 1 aliphatic heterocycles. The van der Waals surface area contributed by atoms with E-state index < -0.39 is 15.6 Å². The number of amides is 1. The van der Waals surface area contributed by atoms with Gasteiger partial charge in [-0.2, -0.15) is 4.31 Å². The number of carbonyl (C=O) groups is 1. The molecular weight excluding hydrogens is 423 g/mol. The molecule has 0 saturated carbocycles. The highest BCUT2D eigenvalue weighted by Gasteiger charge is 2.34. The summed E-state index contributed by atoms with van der Waals surface area (Å²) in [7, 11) is -2.08. The van der Waals surface area contributed by atoms with E-state index in [1.165, 1.54) is 47.8 Å². The molecule has 1 N–H and O–H groups in total. The number of sulfonamides is 1. The molecule has 168 valence electrons. The van der Waals surface area contributed by atoms with E-state index in [2.05, 4.69) is 5.32 Å². The maximum atomic E-state index is 13.1.